The number of rotatable bonds is 2. The van der Waals surface area contributed by atoms with Gasteiger partial charge in [0.15, 0.2) is 0 Å². The molecule has 0 saturated carbocycles. The Hall–Kier alpha value is -1.18. The van der Waals surface area contributed by atoms with Crippen LogP contribution >= 0.6 is 11.6 Å². The molecule has 0 spiro atoms. The van der Waals surface area contributed by atoms with Crippen molar-refractivity contribution in [1.82, 2.24) is 4.98 Å². The van der Waals surface area contributed by atoms with Crippen LogP contribution in [0.25, 0.3) is 0 Å². The molecule has 0 atom stereocenters. The summed E-state index contributed by atoms with van der Waals surface area (Å²) in [6.45, 7) is 3.58. The SMILES string of the molecule is CC(C)(N=C=O)c1ccncc1Cl. The van der Waals surface area contributed by atoms with Gasteiger partial charge in [0.05, 0.1) is 10.6 Å². The number of hydrogen-bond donors (Lipinski definition) is 0. The van der Waals surface area contributed by atoms with Gasteiger partial charge >= 0.3 is 0 Å². The monoisotopic (exact) mass is 196 g/mol. The lowest BCUT2D eigenvalue weighted by atomic mass is 9.96. The molecule has 0 aliphatic rings. The molecule has 0 aromatic carbocycles. The highest BCUT2D eigenvalue weighted by Gasteiger charge is 2.21. The summed E-state index contributed by atoms with van der Waals surface area (Å²) in [5.41, 5.74) is 0.134. The second-order valence-corrected chi connectivity index (χ2v) is 3.52. The molecule has 3 nitrogen and oxygen atoms in total. The Morgan fingerprint density at radius 2 is 2.31 bits per heavy atom. The molecule has 0 saturated heterocycles. The van der Waals surface area contributed by atoms with Gasteiger partial charge in [-0.2, -0.15) is 4.99 Å². The molecule has 0 amide bonds. The van der Waals surface area contributed by atoms with Crippen molar-refractivity contribution in [2.45, 2.75) is 19.4 Å². The van der Waals surface area contributed by atoms with E-state index in [-0.39, 0.29) is 0 Å². The smallest absolute Gasteiger partial charge is 0.235 e. The summed E-state index contributed by atoms with van der Waals surface area (Å²) in [6, 6.07) is 1.74. The Balaban J connectivity index is 3.21. The summed E-state index contributed by atoms with van der Waals surface area (Å²) < 4.78 is 0. The molecule has 1 rings (SSSR count). The molecule has 0 bridgehead atoms. The van der Waals surface area contributed by atoms with Crippen LogP contribution in [-0.2, 0) is 10.3 Å². The van der Waals surface area contributed by atoms with Gasteiger partial charge in [0, 0.05) is 18.0 Å². The van der Waals surface area contributed by atoms with Gasteiger partial charge in [-0.3, -0.25) is 4.98 Å². The van der Waals surface area contributed by atoms with Crippen molar-refractivity contribution in [1.29, 1.82) is 0 Å². The molecule has 68 valence electrons. The molecule has 1 heterocycles. The van der Waals surface area contributed by atoms with Crippen LogP contribution < -0.4 is 0 Å². The van der Waals surface area contributed by atoms with E-state index in [1.165, 1.54) is 12.3 Å². The van der Waals surface area contributed by atoms with Crippen LogP contribution in [0.1, 0.15) is 19.4 Å². The fourth-order valence-corrected chi connectivity index (χ4v) is 1.40. The van der Waals surface area contributed by atoms with Crippen LogP contribution in [0.15, 0.2) is 23.5 Å². The van der Waals surface area contributed by atoms with E-state index in [4.69, 9.17) is 11.6 Å². The highest BCUT2D eigenvalue weighted by Crippen LogP contribution is 2.29. The van der Waals surface area contributed by atoms with Crippen molar-refractivity contribution in [3.63, 3.8) is 0 Å². The third kappa shape index (κ3) is 2.14. The van der Waals surface area contributed by atoms with Crippen molar-refractivity contribution >= 4 is 17.7 Å². The minimum Gasteiger partial charge on any atom is -0.263 e. The summed E-state index contributed by atoms with van der Waals surface area (Å²) in [6.07, 6.45) is 4.67. The first-order valence-corrected chi connectivity index (χ1v) is 4.15. The van der Waals surface area contributed by atoms with Crippen molar-refractivity contribution in [3.8, 4) is 0 Å². The molecule has 0 unspecified atom stereocenters. The van der Waals surface area contributed by atoms with Crippen molar-refractivity contribution in [2.75, 3.05) is 0 Å². The van der Waals surface area contributed by atoms with Gasteiger partial charge in [-0.1, -0.05) is 11.6 Å². The first-order chi connectivity index (χ1) is 6.08. The van der Waals surface area contributed by atoms with E-state index in [0.717, 1.165) is 5.56 Å². The summed E-state index contributed by atoms with van der Waals surface area (Å²) in [5.74, 6) is 0. The van der Waals surface area contributed by atoms with Crippen molar-refractivity contribution in [2.24, 2.45) is 4.99 Å². The maximum atomic E-state index is 10.2. The number of nitrogens with zero attached hydrogens (tertiary/aromatic N) is 2. The third-order valence-corrected chi connectivity index (χ3v) is 2.06. The Bertz CT molecular complexity index is 356. The quantitative estimate of drug-likeness (QED) is 0.538. The van der Waals surface area contributed by atoms with Crippen molar-refractivity contribution in [3.05, 3.63) is 29.0 Å². The first kappa shape index (κ1) is 9.90. The Morgan fingerprint density at radius 1 is 1.62 bits per heavy atom. The maximum Gasteiger partial charge on any atom is 0.235 e. The van der Waals surface area contributed by atoms with Crippen LogP contribution in [0.3, 0.4) is 0 Å². The van der Waals surface area contributed by atoms with Crippen LogP contribution in [0.4, 0.5) is 0 Å². The standard InChI is InChI=1S/C9H9ClN2O/c1-9(2,12-6-13)7-3-4-11-5-8(7)10/h3-5H,1-2H3. The average molecular weight is 197 g/mol. The zero-order chi connectivity index (χ0) is 9.90. The van der Waals surface area contributed by atoms with Gasteiger partial charge < -0.3 is 0 Å². The number of pyridine rings is 1. The maximum absolute atomic E-state index is 10.2. The second kappa shape index (κ2) is 3.69. The largest absolute Gasteiger partial charge is 0.263 e. The molecule has 0 N–H and O–H groups in total. The molecule has 0 fully saturated rings. The van der Waals surface area contributed by atoms with Crippen LogP contribution in [0, 0.1) is 0 Å². The van der Waals surface area contributed by atoms with E-state index < -0.39 is 5.54 Å². The highest BCUT2D eigenvalue weighted by molar-refractivity contribution is 6.31. The Labute approximate surface area is 81.5 Å². The van der Waals surface area contributed by atoms with Crippen LogP contribution in [0.2, 0.25) is 5.02 Å². The predicted octanol–water partition coefficient (Wildman–Crippen LogP) is 2.31. The third-order valence-electron chi connectivity index (χ3n) is 1.76. The van der Waals surface area contributed by atoms with Crippen molar-refractivity contribution < 1.29 is 4.79 Å². The summed E-state index contributed by atoms with van der Waals surface area (Å²) in [5, 5.41) is 0.506. The Morgan fingerprint density at radius 3 is 2.85 bits per heavy atom. The number of hydrogen-bond acceptors (Lipinski definition) is 3. The number of aliphatic imine (C=N–C) groups is 1. The molecular weight excluding hydrogens is 188 g/mol. The van der Waals surface area contributed by atoms with Gasteiger partial charge in [0.2, 0.25) is 6.08 Å². The Kier molecular flexibility index (Phi) is 2.81. The van der Waals surface area contributed by atoms with E-state index in [1.807, 2.05) is 0 Å². The molecule has 0 aliphatic heterocycles. The number of halogens is 1. The van der Waals surface area contributed by atoms with E-state index in [0.29, 0.717) is 5.02 Å². The normalized spacial score (nSPS) is 10.7. The number of carbonyl (C=O) groups excluding carboxylic acids is 1. The number of isocyanates is 1. The van der Waals surface area contributed by atoms with Gasteiger partial charge in [0.1, 0.15) is 0 Å². The topological polar surface area (TPSA) is 42.3 Å². The van der Waals surface area contributed by atoms with Gasteiger partial charge in [-0.15, -0.1) is 0 Å². The lowest BCUT2D eigenvalue weighted by molar-refractivity contribution is 0.522. The van der Waals surface area contributed by atoms with E-state index in [9.17, 15) is 4.79 Å². The molecule has 13 heavy (non-hydrogen) atoms. The zero-order valence-electron chi connectivity index (χ0n) is 7.41. The fraction of sp³-hybridized carbons (Fsp3) is 0.333. The summed E-state index contributed by atoms with van der Waals surface area (Å²) >= 11 is 5.89. The second-order valence-electron chi connectivity index (χ2n) is 3.12. The highest BCUT2D eigenvalue weighted by atomic mass is 35.5. The minimum absolute atomic E-state index is 0.506. The lowest BCUT2D eigenvalue weighted by Crippen LogP contribution is -2.14. The molecule has 1 aromatic heterocycles. The molecule has 0 aliphatic carbocycles. The fourth-order valence-electron chi connectivity index (χ4n) is 1.05. The molecule has 1 aromatic rings. The van der Waals surface area contributed by atoms with Crippen LogP contribution in [-0.4, -0.2) is 11.1 Å². The van der Waals surface area contributed by atoms with E-state index in [1.54, 1.807) is 26.1 Å². The van der Waals surface area contributed by atoms with E-state index in [2.05, 4.69) is 9.98 Å². The summed E-state index contributed by atoms with van der Waals surface area (Å²) in [4.78, 5) is 17.7. The van der Waals surface area contributed by atoms with E-state index >= 15 is 0 Å². The molecular formula is C9H9ClN2O. The minimum atomic E-state index is -0.637. The summed E-state index contributed by atoms with van der Waals surface area (Å²) in [7, 11) is 0. The number of aromatic nitrogens is 1. The van der Waals surface area contributed by atoms with Gasteiger partial charge in [-0.25, -0.2) is 4.79 Å². The van der Waals surface area contributed by atoms with Crippen LogP contribution in [0.5, 0.6) is 0 Å². The first-order valence-electron chi connectivity index (χ1n) is 3.77. The molecule has 0 radical (unpaired) electrons. The van der Waals surface area contributed by atoms with Gasteiger partial charge in [-0.05, 0) is 19.9 Å². The lowest BCUT2D eigenvalue weighted by Gasteiger charge is -2.18. The van der Waals surface area contributed by atoms with Gasteiger partial charge in [0.25, 0.3) is 0 Å². The molecule has 4 heteroatoms. The average Bonchev–Trinajstić information content (AvgIpc) is 2.04. The zero-order valence-corrected chi connectivity index (χ0v) is 8.17. The predicted molar refractivity (Wildman–Crippen MR) is 50.4 cm³/mol.